The van der Waals surface area contributed by atoms with Crippen LogP contribution in [-0.4, -0.2) is 44.3 Å². The fraction of sp³-hybridized carbons (Fsp3) is 0.600. The van der Waals surface area contributed by atoms with Crippen LogP contribution in [0.4, 0.5) is 0 Å². The minimum absolute atomic E-state index is 0.0322. The molecule has 0 amide bonds. The van der Waals surface area contributed by atoms with Gasteiger partial charge in [-0.1, -0.05) is 0 Å². The van der Waals surface area contributed by atoms with Gasteiger partial charge in [0.2, 0.25) is 0 Å². The molecule has 2 aromatic rings. The van der Waals surface area contributed by atoms with Crippen LogP contribution in [-0.2, 0) is 18.3 Å². The third kappa shape index (κ3) is 2.87. The van der Waals surface area contributed by atoms with Crippen molar-refractivity contribution in [3.8, 4) is 0 Å². The lowest BCUT2D eigenvalue weighted by Gasteiger charge is -2.32. The van der Waals surface area contributed by atoms with Gasteiger partial charge < -0.3 is 9.72 Å². The van der Waals surface area contributed by atoms with Gasteiger partial charge in [-0.15, -0.1) is 0 Å². The molecule has 0 radical (unpaired) electrons. The minimum Gasteiger partial charge on any atom is -0.368 e. The molecule has 1 N–H and O–H groups in total. The van der Waals surface area contributed by atoms with E-state index in [-0.39, 0.29) is 6.10 Å². The van der Waals surface area contributed by atoms with Gasteiger partial charge in [-0.05, 0) is 20.8 Å². The monoisotopic (exact) mass is 289 g/mol. The number of aromatic nitrogens is 4. The number of hydrogen-bond acceptors (Lipinski definition) is 4. The van der Waals surface area contributed by atoms with E-state index in [1.165, 1.54) is 11.3 Å². The Morgan fingerprint density at radius 2 is 2.19 bits per heavy atom. The highest BCUT2D eigenvalue weighted by Crippen LogP contribution is 2.22. The molecular formula is C15H23N5O. The molecule has 6 heteroatoms. The molecule has 1 fully saturated rings. The highest BCUT2D eigenvalue weighted by Gasteiger charge is 2.25. The highest BCUT2D eigenvalue weighted by molar-refractivity contribution is 5.24. The van der Waals surface area contributed by atoms with Gasteiger partial charge in [0.15, 0.2) is 0 Å². The smallest absolute Gasteiger partial charge is 0.136 e. The lowest BCUT2D eigenvalue weighted by atomic mass is 10.1. The third-order valence-electron chi connectivity index (χ3n) is 4.22. The summed E-state index contributed by atoms with van der Waals surface area (Å²) in [6.45, 7) is 9.69. The van der Waals surface area contributed by atoms with E-state index in [0.717, 1.165) is 43.5 Å². The molecule has 0 aliphatic carbocycles. The normalized spacial score (nSPS) is 20.1. The fourth-order valence-electron chi connectivity index (χ4n) is 2.88. The van der Waals surface area contributed by atoms with Crippen molar-refractivity contribution < 1.29 is 4.74 Å². The lowest BCUT2D eigenvalue weighted by molar-refractivity contribution is -0.0369. The van der Waals surface area contributed by atoms with Crippen LogP contribution in [0.3, 0.4) is 0 Å². The van der Waals surface area contributed by atoms with Crippen LogP contribution >= 0.6 is 0 Å². The maximum absolute atomic E-state index is 5.85. The second-order valence-corrected chi connectivity index (χ2v) is 5.82. The van der Waals surface area contributed by atoms with Crippen LogP contribution in [0.2, 0.25) is 0 Å². The summed E-state index contributed by atoms with van der Waals surface area (Å²) in [6, 6.07) is 0. The summed E-state index contributed by atoms with van der Waals surface area (Å²) < 4.78 is 7.81. The van der Waals surface area contributed by atoms with E-state index in [9.17, 15) is 0 Å². The lowest BCUT2D eigenvalue weighted by Crippen LogP contribution is -2.38. The summed E-state index contributed by atoms with van der Waals surface area (Å²) in [5, 5.41) is 4.50. The van der Waals surface area contributed by atoms with Gasteiger partial charge in [0, 0.05) is 49.8 Å². The van der Waals surface area contributed by atoms with E-state index in [0.29, 0.717) is 0 Å². The Balaban J connectivity index is 1.71. The first-order chi connectivity index (χ1) is 10.0. The number of aromatic amines is 1. The first-order valence-electron chi connectivity index (χ1n) is 7.39. The van der Waals surface area contributed by atoms with Gasteiger partial charge in [0.05, 0.1) is 12.3 Å². The van der Waals surface area contributed by atoms with Gasteiger partial charge in [-0.2, -0.15) is 5.10 Å². The Morgan fingerprint density at radius 1 is 1.38 bits per heavy atom. The van der Waals surface area contributed by atoms with E-state index >= 15 is 0 Å². The number of hydrogen-bond donors (Lipinski definition) is 1. The Bertz CT molecular complexity index is 630. The van der Waals surface area contributed by atoms with Gasteiger partial charge in [-0.25, -0.2) is 4.98 Å². The summed E-state index contributed by atoms with van der Waals surface area (Å²) in [6.07, 6.45) is 1.89. The van der Waals surface area contributed by atoms with Crippen molar-refractivity contribution in [2.75, 3.05) is 19.7 Å². The molecule has 0 unspecified atom stereocenters. The maximum Gasteiger partial charge on any atom is 0.136 e. The average molecular weight is 289 g/mol. The molecule has 21 heavy (non-hydrogen) atoms. The van der Waals surface area contributed by atoms with Crippen molar-refractivity contribution in [2.45, 2.75) is 33.4 Å². The number of rotatable bonds is 3. The van der Waals surface area contributed by atoms with Crippen molar-refractivity contribution >= 4 is 0 Å². The molecule has 3 heterocycles. The molecule has 114 valence electrons. The molecule has 3 rings (SSSR count). The number of nitrogens with zero attached hydrogens (tertiary/aromatic N) is 4. The third-order valence-corrected chi connectivity index (χ3v) is 4.22. The van der Waals surface area contributed by atoms with Crippen molar-refractivity contribution in [1.29, 1.82) is 0 Å². The number of ether oxygens (including phenoxy) is 1. The molecule has 2 aromatic heterocycles. The molecule has 1 aliphatic heterocycles. The van der Waals surface area contributed by atoms with E-state index in [1.807, 2.05) is 24.9 Å². The zero-order valence-corrected chi connectivity index (χ0v) is 13.2. The SMILES string of the molecule is Cc1cnc([C@H]2CN(Cc3c(C)nn(C)c3C)CCO2)[nH]1. The molecular weight excluding hydrogens is 266 g/mol. The quantitative estimate of drug-likeness (QED) is 0.933. The molecule has 1 atom stereocenters. The minimum atomic E-state index is 0.0322. The number of nitrogens with one attached hydrogen (secondary N) is 1. The summed E-state index contributed by atoms with van der Waals surface area (Å²) >= 11 is 0. The predicted molar refractivity (Wildman–Crippen MR) is 80.0 cm³/mol. The first kappa shape index (κ1) is 14.3. The summed E-state index contributed by atoms with van der Waals surface area (Å²) in [5.41, 5.74) is 4.76. The van der Waals surface area contributed by atoms with Crippen molar-refractivity contribution in [3.05, 3.63) is 34.7 Å². The van der Waals surface area contributed by atoms with Crippen LogP contribution in [0.5, 0.6) is 0 Å². The van der Waals surface area contributed by atoms with Crippen LogP contribution in [0.1, 0.15) is 34.6 Å². The van der Waals surface area contributed by atoms with Crippen molar-refractivity contribution in [3.63, 3.8) is 0 Å². The largest absolute Gasteiger partial charge is 0.368 e. The molecule has 0 spiro atoms. The summed E-state index contributed by atoms with van der Waals surface area (Å²) in [5.74, 6) is 0.928. The highest BCUT2D eigenvalue weighted by atomic mass is 16.5. The van der Waals surface area contributed by atoms with E-state index in [4.69, 9.17) is 4.74 Å². The standard InChI is InChI=1S/C15H23N5O/c1-10-7-16-15(17-10)14-9-20(5-6-21-14)8-13-11(2)18-19(4)12(13)3/h7,14H,5-6,8-9H2,1-4H3,(H,16,17)/t14-/m1/s1. The Morgan fingerprint density at radius 3 is 2.81 bits per heavy atom. The molecule has 6 nitrogen and oxygen atoms in total. The first-order valence-corrected chi connectivity index (χ1v) is 7.39. The number of H-pyrrole nitrogens is 1. The van der Waals surface area contributed by atoms with E-state index in [1.54, 1.807) is 0 Å². The van der Waals surface area contributed by atoms with Crippen molar-refractivity contribution in [1.82, 2.24) is 24.6 Å². The number of imidazole rings is 1. The summed E-state index contributed by atoms with van der Waals surface area (Å²) in [7, 11) is 2.00. The van der Waals surface area contributed by atoms with Gasteiger partial charge in [0.1, 0.15) is 11.9 Å². The zero-order valence-electron chi connectivity index (χ0n) is 13.2. The summed E-state index contributed by atoms with van der Waals surface area (Å²) in [4.78, 5) is 10.1. The van der Waals surface area contributed by atoms with Gasteiger partial charge in [0.25, 0.3) is 0 Å². The second kappa shape index (κ2) is 5.61. The van der Waals surface area contributed by atoms with E-state index in [2.05, 4.69) is 33.8 Å². The number of aryl methyl sites for hydroxylation is 3. The number of morpholine rings is 1. The van der Waals surface area contributed by atoms with Crippen molar-refractivity contribution in [2.24, 2.45) is 7.05 Å². The van der Waals surface area contributed by atoms with Crippen LogP contribution in [0.15, 0.2) is 6.20 Å². The second-order valence-electron chi connectivity index (χ2n) is 5.82. The molecule has 0 saturated carbocycles. The molecule has 0 aromatic carbocycles. The Kier molecular flexibility index (Phi) is 3.82. The van der Waals surface area contributed by atoms with Crippen LogP contribution < -0.4 is 0 Å². The van der Waals surface area contributed by atoms with Crippen LogP contribution in [0.25, 0.3) is 0 Å². The zero-order chi connectivity index (χ0) is 15.0. The molecule has 1 saturated heterocycles. The molecule has 1 aliphatic rings. The van der Waals surface area contributed by atoms with Gasteiger partial charge in [-0.3, -0.25) is 9.58 Å². The Labute approximate surface area is 125 Å². The van der Waals surface area contributed by atoms with Gasteiger partial charge >= 0.3 is 0 Å². The average Bonchev–Trinajstić information content (AvgIpc) is 2.99. The van der Waals surface area contributed by atoms with Crippen LogP contribution in [0, 0.1) is 20.8 Å². The fourth-order valence-corrected chi connectivity index (χ4v) is 2.88. The molecule has 0 bridgehead atoms. The van der Waals surface area contributed by atoms with E-state index < -0.39 is 0 Å². The maximum atomic E-state index is 5.85. The topological polar surface area (TPSA) is 59.0 Å². The predicted octanol–water partition coefficient (Wildman–Crippen LogP) is 1.64. The Hall–Kier alpha value is -1.66.